The molecule has 5 rings (SSSR count). The van der Waals surface area contributed by atoms with Gasteiger partial charge in [-0.15, -0.1) is 0 Å². The number of aromatic nitrogens is 2. The highest BCUT2D eigenvalue weighted by Gasteiger charge is 2.41. The molecule has 3 aliphatic heterocycles. The lowest BCUT2D eigenvalue weighted by atomic mass is 9.90. The van der Waals surface area contributed by atoms with Crippen molar-refractivity contribution in [3.63, 3.8) is 0 Å². The van der Waals surface area contributed by atoms with E-state index in [4.69, 9.17) is 10.7 Å². The summed E-state index contributed by atoms with van der Waals surface area (Å²) in [6.07, 6.45) is 6.15. The van der Waals surface area contributed by atoms with Crippen molar-refractivity contribution in [2.24, 2.45) is 5.92 Å². The van der Waals surface area contributed by atoms with Crippen LogP contribution in [0.5, 0.6) is 0 Å². The molecule has 42 heavy (non-hydrogen) atoms. The molecular formula is C28H39N7O5S2. The van der Waals surface area contributed by atoms with Crippen molar-refractivity contribution in [3.8, 4) is 0 Å². The maximum Gasteiger partial charge on any atom is 0.282 e. The standard InChI is InChI=1S/C28H39N7O5S2/c1-20-14-18-35(28(20,2)3)26-22(27(36)32-41(37,38)25-11-7-10-24(29)31-25)12-13-23(30-26)21-9-8-17-34(19-21)42(39,40)33-15-5-4-6-16-33/h7,9-13,20H,4-6,8,14-19H2,1-3H3,(H2,29,31)(H,32,36). The molecule has 12 nitrogen and oxygen atoms in total. The zero-order valence-corrected chi connectivity index (χ0v) is 25.9. The van der Waals surface area contributed by atoms with Crippen molar-refractivity contribution in [2.45, 2.75) is 63.4 Å². The lowest BCUT2D eigenvalue weighted by Crippen LogP contribution is -2.47. The van der Waals surface area contributed by atoms with E-state index in [2.05, 4.69) is 30.5 Å². The molecule has 2 fully saturated rings. The highest BCUT2D eigenvalue weighted by atomic mass is 32.2. The molecule has 0 saturated carbocycles. The van der Waals surface area contributed by atoms with Gasteiger partial charge in [0.2, 0.25) is 0 Å². The molecule has 0 radical (unpaired) electrons. The van der Waals surface area contributed by atoms with Gasteiger partial charge in [0.05, 0.1) is 11.3 Å². The number of carbonyl (C=O) groups is 1. The fraction of sp³-hybridized carbons (Fsp3) is 0.536. The average molecular weight is 618 g/mol. The molecule has 2 aromatic heterocycles. The molecule has 1 amide bonds. The van der Waals surface area contributed by atoms with Gasteiger partial charge in [-0.1, -0.05) is 25.5 Å². The number of nitrogens with two attached hydrogens (primary N) is 1. The van der Waals surface area contributed by atoms with E-state index in [1.807, 2.05) is 11.0 Å². The van der Waals surface area contributed by atoms with Gasteiger partial charge in [-0.05, 0) is 75.3 Å². The van der Waals surface area contributed by atoms with Gasteiger partial charge >= 0.3 is 0 Å². The monoisotopic (exact) mass is 617 g/mol. The van der Waals surface area contributed by atoms with Gasteiger partial charge in [-0.3, -0.25) is 4.79 Å². The molecule has 14 heteroatoms. The third-order valence-electron chi connectivity index (χ3n) is 8.72. The van der Waals surface area contributed by atoms with Crippen LogP contribution in [0.4, 0.5) is 11.6 Å². The first-order chi connectivity index (χ1) is 19.8. The Hall–Kier alpha value is -3.07. The predicted octanol–water partition coefficient (Wildman–Crippen LogP) is 2.62. The highest BCUT2D eigenvalue weighted by Crippen LogP contribution is 2.39. The van der Waals surface area contributed by atoms with Crippen LogP contribution in [0.15, 0.2) is 41.4 Å². The largest absolute Gasteiger partial charge is 0.384 e. The van der Waals surface area contributed by atoms with Crippen LogP contribution in [0.2, 0.25) is 0 Å². The van der Waals surface area contributed by atoms with Gasteiger partial charge in [0, 0.05) is 38.3 Å². The first kappa shape index (κ1) is 30.4. The molecule has 2 aromatic rings. The summed E-state index contributed by atoms with van der Waals surface area (Å²) in [7, 11) is -7.91. The Morgan fingerprint density at radius 2 is 1.71 bits per heavy atom. The van der Waals surface area contributed by atoms with Gasteiger partial charge < -0.3 is 10.6 Å². The third kappa shape index (κ3) is 5.90. The molecule has 2 saturated heterocycles. The summed E-state index contributed by atoms with van der Waals surface area (Å²) in [6, 6.07) is 7.38. The smallest absolute Gasteiger partial charge is 0.282 e. The zero-order valence-electron chi connectivity index (χ0n) is 24.3. The SMILES string of the molecule is CC1CCN(c2nc(C3=CCCN(S(=O)(=O)N4CCCCC4)C3)ccc2C(=O)NS(=O)(=O)c2cccc(N)n2)C1(C)C. The number of amides is 1. The minimum Gasteiger partial charge on any atom is -0.384 e. The van der Waals surface area contributed by atoms with Gasteiger partial charge in [0.25, 0.3) is 26.1 Å². The van der Waals surface area contributed by atoms with Crippen LogP contribution in [0, 0.1) is 5.92 Å². The van der Waals surface area contributed by atoms with Crippen molar-refractivity contribution < 1.29 is 21.6 Å². The summed E-state index contributed by atoms with van der Waals surface area (Å²) in [4.78, 5) is 24.3. The maximum absolute atomic E-state index is 13.5. The van der Waals surface area contributed by atoms with E-state index in [1.165, 1.54) is 22.5 Å². The number of anilines is 2. The second-order valence-corrected chi connectivity index (χ2v) is 15.3. The Bertz CT molecular complexity index is 1600. The number of nitrogen functional groups attached to an aromatic ring is 1. The summed E-state index contributed by atoms with van der Waals surface area (Å²) >= 11 is 0. The molecule has 3 N–H and O–H groups in total. The van der Waals surface area contributed by atoms with Crippen molar-refractivity contribution in [3.05, 3.63) is 47.7 Å². The molecule has 0 bridgehead atoms. The normalized spacial score (nSPS) is 22.1. The molecule has 1 atom stereocenters. The third-order valence-corrected chi connectivity index (χ3v) is 11.9. The minimum atomic E-state index is -4.30. The molecule has 228 valence electrons. The Morgan fingerprint density at radius 3 is 2.38 bits per heavy atom. The minimum absolute atomic E-state index is 0.0157. The number of carbonyl (C=O) groups excluding carboxylic acids is 1. The zero-order chi connectivity index (χ0) is 30.3. The van der Waals surface area contributed by atoms with Crippen molar-refractivity contribution in [2.75, 3.05) is 43.4 Å². The number of nitrogens with one attached hydrogen (secondary N) is 1. The highest BCUT2D eigenvalue weighted by molar-refractivity contribution is 7.90. The van der Waals surface area contributed by atoms with Crippen LogP contribution in [0.25, 0.3) is 5.57 Å². The number of piperidine rings is 1. The number of sulfonamides is 1. The van der Waals surface area contributed by atoms with Crippen LogP contribution in [-0.2, 0) is 20.2 Å². The second-order valence-electron chi connectivity index (χ2n) is 11.7. The molecule has 0 aliphatic carbocycles. The van der Waals surface area contributed by atoms with Crippen LogP contribution in [0.1, 0.15) is 68.9 Å². The molecule has 0 aromatic carbocycles. The Morgan fingerprint density at radius 1 is 0.976 bits per heavy atom. The summed E-state index contributed by atoms with van der Waals surface area (Å²) in [5.74, 6) is -0.178. The number of hydrogen-bond donors (Lipinski definition) is 2. The van der Waals surface area contributed by atoms with Gasteiger partial charge in [0.1, 0.15) is 11.6 Å². The fourth-order valence-corrected chi connectivity index (χ4v) is 8.41. The van der Waals surface area contributed by atoms with E-state index < -0.39 is 26.1 Å². The van der Waals surface area contributed by atoms with Crippen LogP contribution in [-0.4, -0.2) is 79.6 Å². The number of rotatable bonds is 7. The topological polar surface area (TPSA) is 159 Å². The quantitative estimate of drug-likeness (QED) is 0.476. The number of hydrogen-bond acceptors (Lipinski definition) is 9. The summed E-state index contributed by atoms with van der Waals surface area (Å²) < 4.78 is 58.0. The molecule has 5 heterocycles. The number of nitrogens with zero attached hydrogens (tertiary/aromatic N) is 5. The fourth-order valence-electron chi connectivity index (χ4n) is 5.79. The van der Waals surface area contributed by atoms with Crippen LogP contribution >= 0.6 is 0 Å². The van der Waals surface area contributed by atoms with Crippen molar-refractivity contribution in [1.82, 2.24) is 23.3 Å². The lowest BCUT2D eigenvalue weighted by Gasteiger charge is -2.37. The van der Waals surface area contributed by atoms with Crippen LogP contribution in [0.3, 0.4) is 0 Å². The van der Waals surface area contributed by atoms with E-state index in [0.717, 1.165) is 31.3 Å². The summed E-state index contributed by atoms with van der Waals surface area (Å²) in [5, 5.41) is -0.362. The molecule has 3 aliphatic rings. The first-order valence-electron chi connectivity index (χ1n) is 14.3. The molecule has 0 spiro atoms. The van der Waals surface area contributed by atoms with Gasteiger partial charge in [-0.2, -0.15) is 25.4 Å². The molecule has 1 unspecified atom stereocenters. The second kappa shape index (κ2) is 11.5. The Kier molecular flexibility index (Phi) is 8.36. The number of pyridine rings is 2. The Labute approximate surface area is 248 Å². The lowest BCUT2D eigenvalue weighted by molar-refractivity contribution is 0.0981. The summed E-state index contributed by atoms with van der Waals surface area (Å²) in [5.41, 5.74) is 6.70. The molecular weight excluding hydrogens is 578 g/mol. The average Bonchev–Trinajstić information content (AvgIpc) is 3.24. The maximum atomic E-state index is 13.5. The Balaban J connectivity index is 1.48. The predicted molar refractivity (Wildman–Crippen MR) is 161 cm³/mol. The van der Waals surface area contributed by atoms with Crippen molar-refractivity contribution >= 4 is 43.3 Å². The van der Waals surface area contributed by atoms with E-state index >= 15 is 0 Å². The van der Waals surface area contributed by atoms with E-state index in [9.17, 15) is 21.6 Å². The van der Waals surface area contributed by atoms with Gasteiger partial charge in [0.15, 0.2) is 5.03 Å². The van der Waals surface area contributed by atoms with Crippen LogP contribution < -0.4 is 15.4 Å². The van der Waals surface area contributed by atoms with Crippen molar-refractivity contribution in [1.29, 1.82) is 0 Å². The van der Waals surface area contributed by atoms with E-state index in [1.54, 1.807) is 16.4 Å². The van der Waals surface area contributed by atoms with E-state index in [0.29, 0.717) is 44.1 Å². The summed E-state index contributed by atoms with van der Waals surface area (Å²) in [6.45, 7) is 8.52. The van der Waals surface area contributed by atoms with E-state index in [-0.39, 0.29) is 34.4 Å². The first-order valence-corrected chi connectivity index (χ1v) is 17.2. The van der Waals surface area contributed by atoms with Gasteiger partial charge in [-0.25, -0.2) is 14.7 Å².